The molecule has 1 atom stereocenters. The number of benzene rings is 2. The van der Waals surface area contributed by atoms with Crippen molar-refractivity contribution in [1.29, 1.82) is 0 Å². The van der Waals surface area contributed by atoms with Crippen molar-refractivity contribution in [3.05, 3.63) is 58.1 Å². The molecule has 0 bridgehead atoms. The molecule has 118 valence electrons. The van der Waals surface area contributed by atoms with E-state index in [-0.39, 0.29) is 11.8 Å². The van der Waals surface area contributed by atoms with Crippen LogP contribution in [0.4, 0.5) is 11.4 Å². The van der Waals surface area contributed by atoms with Gasteiger partial charge in [-0.2, -0.15) is 0 Å². The minimum atomic E-state index is -0.917. The van der Waals surface area contributed by atoms with Gasteiger partial charge >= 0.3 is 0 Å². The van der Waals surface area contributed by atoms with Crippen LogP contribution in [0.3, 0.4) is 0 Å². The number of hydrogen-bond donors (Lipinski definition) is 1. The number of halogens is 2. The standard InChI is InChI=1S/C17H14Cl2N2O2/c1-2-21-14-9-13(19)12(18)8-11(14)15(17(21)23)16(22)20-10-6-4-3-5-7-10/h3-9,15H,2H2,1H3,(H,20,22). The van der Waals surface area contributed by atoms with Gasteiger partial charge in [0.1, 0.15) is 5.92 Å². The zero-order valence-corrected chi connectivity index (χ0v) is 13.9. The van der Waals surface area contributed by atoms with E-state index in [0.717, 1.165) is 0 Å². The Morgan fingerprint density at radius 1 is 1.17 bits per heavy atom. The highest BCUT2D eigenvalue weighted by molar-refractivity contribution is 6.42. The summed E-state index contributed by atoms with van der Waals surface area (Å²) in [5.74, 6) is -1.56. The van der Waals surface area contributed by atoms with E-state index in [1.807, 2.05) is 25.1 Å². The summed E-state index contributed by atoms with van der Waals surface area (Å²) in [4.78, 5) is 26.8. The Hall–Kier alpha value is -2.04. The SMILES string of the molecule is CCN1C(=O)C(C(=O)Nc2ccccc2)c2cc(Cl)c(Cl)cc21. The smallest absolute Gasteiger partial charge is 0.244 e. The van der Waals surface area contributed by atoms with E-state index in [2.05, 4.69) is 5.32 Å². The Bertz CT molecular complexity index is 778. The molecule has 1 N–H and O–H groups in total. The number of nitrogens with one attached hydrogen (secondary N) is 1. The van der Waals surface area contributed by atoms with E-state index in [9.17, 15) is 9.59 Å². The Balaban J connectivity index is 1.98. The second-order valence-corrected chi connectivity index (χ2v) is 6.01. The maximum atomic E-state index is 12.6. The summed E-state index contributed by atoms with van der Waals surface area (Å²) in [5.41, 5.74) is 1.86. The lowest BCUT2D eigenvalue weighted by Gasteiger charge is -2.15. The zero-order valence-electron chi connectivity index (χ0n) is 12.3. The average molecular weight is 349 g/mol. The van der Waals surface area contributed by atoms with Crippen molar-refractivity contribution >= 4 is 46.4 Å². The number of rotatable bonds is 3. The van der Waals surface area contributed by atoms with Crippen molar-refractivity contribution in [2.45, 2.75) is 12.8 Å². The van der Waals surface area contributed by atoms with Gasteiger partial charge < -0.3 is 10.2 Å². The molecule has 2 aromatic rings. The lowest BCUT2D eigenvalue weighted by atomic mass is 9.99. The maximum Gasteiger partial charge on any atom is 0.244 e. The summed E-state index contributed by atoms with van der Waals surface area (Å²) in [6.07, 6.45) is 0. The molecule has 0 aliphatic carbocycles. The second kappa shape index (κ2) is 6.22. The molecule has 0 radical (unpaired) electrons. The number of hydrogen-bond acceptors (Lipinski definition) is 2. The molecule has 23 heavy (non-hydrogen) atoms. The van der Waals surface area contributed by atoms with Gasteiger partial charge in [0.2, 0.25) is 11.8 Å². The molecule has 1 aliphatic heterocycles. The van der Waals surface area contributed by atoms with E-state index in [1.165, 1.54) is 0 Å². The van der Waals surface area contributed by atoms with Crippen molar-refractivity contribution < 1.29 is 9.59 Å². The minimum absolute atomic E-state index is 0.269. The van der Waals surface area contributed by atoms with Crippen molar-refractivity contribution in [3.63, 3.8) is 0 Å². The minimum Gasteiger partial charge on any atom is -0.325 e. The van der Waals surface area contributed by atoms with Crippen LogP contribution in [-0.2, 0) is 9.59 Å². The average Bonchev–Trinajstić information content (AvgIpc) is 2.79. The van der Waals surface area contributed by atoms with Crippen LogP contribution < -0.4 is 10.2 Å². The highest BCUT2D eigenvalue weighted by Crippen LogP contribution is 2.42. The molecule has 1 unspecified atom stereocenters. The fourth-order valence-electron chi connectivity index (χ4n) is 2.74. The normalized spacial score (nSPS) is 16.4. The Labute approximate surface area is 144 Å². The third-order valence-corrected chi connectivity index (χ3v) is 4.53. The van der Waals surface area contributed by atoms with Crippen LogP contribution in [0.5, 0.6) is 0 Å². The quantitative estimate of drug-likeness (QED) is 0.849. The summed E-state index contributed by atoms with van der Waals surface area (Å²) in [7, 11) is 0. The lowest BCUT2D eigenvalue weighted by molar-refractivity contribution is -0.126. The molecule has 4 nitrogen and oxygen atoms in total. The highest BCUT2D eigenvalue weighted by atomic mass is 35.5. The first-order chi connectivity index (χ1) is 11.0. The topological polar surface area (TPSA) is 49.4 Å². The predicted molar refractivity (Wildman–Crippen MR) is 92.3 cm³/mol. The Morgan fingerprint density at radius 2 is 1.83 bits per heavy atom. The first-order valence-electron chi connectivity index (χ1n) is 7.19. The number of carbonyl (C=O) groups excluding carboxylic acids is 2. The molecule has 2 amide bonds. The number of para-hydroxylation sites is 1. The van der Waals surface area contributed by atoms with E-state index in [1.54, 1.807) is 29.2 Å². The number of likely N-dealkylation sites (N-methyl/N-ethyl adjacent to an activating group) is 1. The van der Waals surface area contributed by atoms with Gasteiger partial charge in [-0.3, -0.25) is 9.59 Å². The molecule has 0 saturated heterocycles. The molecule has 0 aromatic heterocycles. The van der Waals surface area contributed by atoms with E-state index in [4.69, 9.17) is 23.2 Å². The lowest BCUT2D eigenvalue weighted by Crippen LogP contribution is -2.33. The molecule has 0 fully saturated rings. The largest absolute Gasteiger partial charge is 0.325 e. The van der Waals surface area contributed by atoms with Crippen LogP contribution in [0.2, 0.25) is 10.0 Å². The molecule has 6 heteroatoms. The van der Waals surface area contributed by atoms with Crippen LogP contribution in [0, 0.1) is 0 Å². The molecular formula is C17H14Cl2N2O2. The van der Waals surface area contributed by atoms with Crippen molar-refractivity contribution in [2.24, 2.45) is 0 Å². The second-order valence-electron chi connectivity index (χ2n) is 5.20. The molecule has 1 heterocycles. The van der Waals surface area contributed by atoms with Crippen LogP contribution in [0.15, 0.2) is 42.5 Å². The van der Waals surface area contributed by atoms with Gasteiger partial charge in [-0.15, -0.1) is 0 Å². The summed E-state index contributed by atoms with van der Waals surface area (Å²) in [5, 5.41) is 3.46. The molecule has 1 aliphatic rings. The molecule has 2 aromatic carbocycles. The third kappa shape index (κ3) is 2.80. The third-order valence-electron chi connectivity index (χ3n) is 3.80. The van der Waals surface area contributed by atoms with Crippen molar-refractivity contribution in [1.82, 2.24) is 0 Å². The van der Waals surface area contributed by atoms with Crippen LogP contribution in [-0.4, -0.2) is 18.4 Å². The summed E-state index contributed by atoms with van der Waals surface area (Å²) < 4.78 is 0. The summed E-state index contributed by atoms with van der Waals surface area (Å²) in [6.45, 7) is 2.31. The number of carbonyl (C=O) groups is 2. The highest BCUT2D eigenvalue weighted by Gasteiger charge is 2.41. The maximum absolute atomic E-state index is 12.6. The number of fused-ring (bicyclic) bond motifs is 1. The van der Waals surface area contributed by atoms with Gasteiger partial charge in [0, 0.05) is 17.9 Å². The molecular weight excluding hydrogens is 335 g/mol. The van der Waals surface area contributed by atoms with Gasteiger partial charge in [-0.25, -0.2) is 0 Å². The van der Waals surface area contributed by atoms with Crippen molar-refractivity contribution in [2.75, 3.05) is 16.8 Å². The van der Waals surface area contributed by atoms with Crippen molar-refractivity contribution in [3.8, 4) is 0 Å². The first kappa shape index (κ1) is 15.8. The predicted octanol–water partition coefficient (Wildman–Crippen LogP) is 4.08. The Kier molecular flexibility index (Phi) is 4.28. The van der Waals surface area contributed by atoms with Crippen LogP contribution in [0.25, 0.3) is 0 Å². The number of anilines is 2. The molecule has 3 rings (SSSR count). The Morgan fingerprint density at radius 3 is 2.48 bits per heavy atom. The van der Waals surface area contributed by atoms with Crippen LogP contribution >= 0.6 is 23.2 Å². The van der Waals surface area contributed by atoms with E-state index in [0.29, 0.717) is 33.5 Å². The van der Waals surface area contributed by atoms with E-state index >= 15 is 0 Å². The zero-order chi connectivity index (χ0) is 16.6. The van der Waals surface area contributed by atoms with Gasteiger partial charge in [-0.05, 0) is 36.8 Å². The number of amides is 2. The van der Waals surface area contributed by atoms with E-state index < -0.39 is 5.92 Å². The van der Waals surface area contributed by atoms with Gasteiger partial charge in [0.05, 0.1) is 10.0 Å². The van der Waals surface area contributed by atoms with Gasteiger partial charge in [0.15, 0.2) is 0 Å². The monoisotopic (exact) mass is 348 g/mol. The van der Waals surface area contributed by atoms with Gasteiger partial charge in [0.25, 0.3) is 0 Å². The number of nitrogens with zero attached hydrogens (tertiary/aromatic N) is 1. The molecule has 0 spiro atoms. The first-order valence-corrected chi connectivity index (χ1v) is 7.94. The molecule has 0 saturated carbocycles. The van der Waals surface area contributed by atoms with Crippen LogP contribution in [0.1, 0.15) is 18.4 Å². The fourth-order valence-corrected chi connectivity index (χ4v) is 3.07. The van der Waals surface area contributed by atoms with Gasteiger partial charge in [-0.1, -0.05) is 41.4 Å². The fraction of sp³-hybridized carbons (Fsp3) is 0.176. The summed E-state index contributed by atoms with van der Waals surface area (Å²) >= 11 is 12.1. The summed E-state index contributed by atoms with van der Waals surface area (Å²) in [6, 6.07) is 12.3.